The first-order valence-corrected chi connectivity index (χ1v) is 8.89. The third kappa shape index (κ3) is 9.68. The number of amides is 1. The second-order valence-electron chi connectivity index (χ2n) is 4.77. The number of hydrogen-bond donors (Lipinski definition) is 1. The molecule has 0 aromatic heterocycles. The molecule has 0 saturated carbocycles. The van der Waals surface area contributed by atoms with E-state index >= 15 is 0 Å². The molecular formula is C16H24INO3. The van der Waals surface area contributed by atoms with Crippen LogP contribution in [0.1, 0.15) is 32.6 Å². The van der Waals surface area contributed by atoms with E-state index < -0.39 is 0 Å². The number of hydrogen-bond acceptors (Lipinski definition) is 3. The first kappa shape index (κ1) is 18.2. The highest BCUT2D eigenvalue weighted by Crippen LogP contribution is 2.15. The highest BCUT2D eigenvalue weighted by molar-refractivity contribution is 14.1. The standard InChI is InChI=1S/C16H24INO3/c1-14(19)18-15-6-8-16(9-7-15)21-13-12-20-11-5-3-2-4-10-17/h6-9H,2-5,10-13H2,1H3,(H,18,19). The van der Waals surface area contributed by atoms with Crippen molar-refractivity contribution in [3.05, 3.63) is 24.3 Å². The lowest BCUT2D eigenvalue weighted by Gasteiger charge is -2.08. The number of ether oxygens (including phenoxy) is 2. The van der Waals surface area contributed by atoms with Gasteiger partial charge in [-0.25, -0.2) is 0 Å². The van der Waals surface area contributed by atoms with Gasteiger partial charge in [-0.15, -0.1) is 0 Å². The van der Waals surface area contributed by atoms with Crippen molar-refractivity contribution >= 4 is 34.2 Å². The number of halogens is 1. The van der Waals surface area contributed by atoms with E-state index in [9.17, 15) is 4.79 Å². The zero-order chi connectivity index (χ0) is 15.3. The molecule has 21 heavy (non-hydrogen) atoms. The van der Waals surface area contributed by atoms with Crippen molar-refractivity contribution in [3.8, 4) is 5.75 Å². The molecule has 0 unspecified atom stereocenters. The Morgan fingerprint density at radius 2 is 1.76 bits per heavy atom. The fraction of sp³-hybridized carbons (Fsp3) is 0.562. The van der Waals surface area contributed by atoms with Gasteiger partial charge in [-0.1, -0.05) is 35.4 Å². The number of anilines is 1. The van der Waals surface area contributed by atoms with Crippen LogP contribution in [-0.4, -0.2) is 30.2 Å². The second kappa shape index (κ2) is 11.8. The number of unbranched alkanes of at least 4 members (excludes halogenated alkanes) is 3. The number of nitrogens with one attached hydrogen (secondary N) is 1. The van der Waals surface area contributed by atoms with Crippen molar-refractivity contribution in [3.63, 3.8) is 0 Å². The molecule has 0 saturated heterocycles. The van der Waals surface area contributed by atoms with Crippen LogP contribution in [0.15, 0.2) is 24.3 Å². The fourth-order valence-electron chi connectivity index (χ4n) is 1.81. The largest absolute Gasteiger partial charge is 0.491 e. The third-order valence-corrected chi connectivity index (χ3v) is 3.61. The number of alkyl halides is 1. The molecule has 0 spiro atoms. The van der Waals surface area contributed by atoms with Gasteiger partial charge in [0.2, 0.25) is 5.91 Å². The number of carbonyl (C=O) groups is 1. The van der Waals surface area contributed by atoms with E-state index in [2.05, 4.69) is 27.9 Å². The molecule has 0 bridgehead atoms. The van der Waals surface area contributed by atoms with Gasteiger partial charge < -0.3 is 14.8 Å². The Bertz CT molecular complexity index is 395. The van der Waals surface area contributed by atoms with Crippen molar-refractivity contribution in [2.75, 3.05) is 29.6 Å². The molecule has 4 nitrogen and oxygen atoms in total. The van der Waals surface area contributed by atoms with E-state index in [0.29, 0.717) is 13.2 Å². The van der Waals surface area contributed by atoms with Crippen molar-refractivity contribution in [1.82, 2.24) is 0 Å². The summed E-state index contributed by atoms with van der Waals surface area (Å²) in [7, 11) is 0. The van der Waals surface area contributed by atoms with Crippen LogP contribution in [0.2, 0.25) is 0 Å². The maximum Gasteiger partial charge on any atom is 0.221 e. The van der Waals surface area contributed by atoms with Crippen LogP contribution < -0.4 is 10.1 Å². The molecule has 0 aliphatic rings. The SMILES string of the molecule is CC(=O)Nc1ccc(OCCOCCCCCCI)cc1. The highest BCUT2D eigenvalue weighted by Gasteiger charge is 1.97. The van der Waals surface area contributed by atoms with E-state index in [1.807, 2.05) is 24.3 Å². The van der Waals surface area contributed by atoms with Crippen molar-refractivity contribution < 1.29 is 14.3 Å². The molecule has 1 amide bonds. The Labute approximate surface area is 140 Å². The van der Waals surface area contributed by atoms with Crippen LogP contribution in [0.4, 0.5) is 5.69 Å². The molecule has 5 heteroatoms. The van der Waals surface area contributed by atoms with E-state index in [-0.39, 0.29) is 5.91 Å². The Kier molecular flexibility index (Phi) is 10.2. The highest BCUT2D eigenvalue weighted by atomic mass is 127. The van der Waals surface area contributed by atoms with Crippen LogP contribution in [0, 0.1) is 0 Å². The molecule has 0 aliphatic heterocycles. The first-order valence-electron chi connectivity index (χ1n) is 7.36. The van der Waals surface area contributed by atoms with Gasteiger partial charge in [0.25, 0.3) is 0 Å². The second-order valence-corrected chi connectivity index (χ2v) is 5.85. The zero-order valence-electron chi connectivity index (χ0n) is 12.6. The molecular weight excluding hydrogens is 381 g/mol. The summed E-state index contributed by atoms with van der Waals surface area (Å²) in [5.41, 5.74) is 0.776. The summed E-state index contributed by atoms with van der Waals surface area (Å²) < 4.78 is 12.3. The first-order chi connectivity index (χ1) is 10.2. The summed E-state index contributed by atoms with van der Waals surface area (Å²) in [5.74, 6) is 0.713. The van der Waals surface area contributed by atoms with Gasteiger partial charge >= 0.3 is 0 Å². The Morgan fingerprint density at radius 3 is 2.43 bits per heavy atom. The quantitative estimate of drug-likeness (QED) is 0.344. The average Bonchev–Trinajstić information content (AvgIpc) is 2.47. The number of carbonyl (C=O) groups excluding carboxylic acids is 1. The van der Waals surface area contributed by atoms with E-state index in [1.54, 1.807) is 0 Å². The predicted octanol–water partition coefficient (Wildman–Crippen LogP) is 4.04. The van der Waals surface area contributed by atoms with Crippen molar-refractivity contribution in [2.45, 2.75) is 32.6 Å². The Hall–Kier alpha value is -0.820. The van der Waals surface area contributed by atoms with E-state index in [0.717, 1.165) is 24.5 Å². The van der Waals surface area contributed by atoms with Gasteiger partial charge in [-0.3, -0.25) is 4.79 Å². The fourth-order valence-corrected chi connectivity index (χ4v) is 2.35. The molecule has 1 aromatic rings. The molecule has 1 rings (SSSR count). The van der Waals surface area contributed by atoms with Crippen LogP contribution in [0.5, 0.6) is 5.75 Å². The molecule has 0 aliphatic carbocycles. The lowest BCUT2D eigenvalue weighted by molar-refractivity contribution is -0.114. The zero-order valence-corrected chi connectivity index (χ0v) is 14.7. The maximum atomic E-state index is 10.9. The van der Waals surface area contributed by atoms with E-state index in [1.165, 1.54) is 30.6 Å². The summed E-state index contributed by atoms with van der Waals surface area (Å²) in [5, 5.41) is 2.72. The third-order valence-electron chi connectivity index (χ3n) is 2.84. The molecule has 1 N–H and O–H groups in total. The minimum Gasteiger partial charge on any atom is -0.491 e. The van der Waals surface area contributed by atoms with Crippen molar-refractivity contribution in [1.29, 1.82) is 0 Å². The van der Waals surface area contributed by atoms with E-state index in [4.69, 9.17) is 9.47 Å². The van der Waals surface area contributed by atoms with Gasteiger partial charge in [-0.05, 0) is 41.5 Å². The molecule has 0 fully saturated rings. The van der Waals surface area contributed by atoms with Crippen molar-refractivity contribution in [2.24, 2.45) is 0 Å². The number of rotatable bonds is 11. The molecule has 1 aromatic carbocycles. The van der Waals surface area contributed by atoms with Gasteiger partial charge in [0.05, 0.1) is 6.61 Å². The lowest BCUT2D eigenvalue weighted by Crippen LogP contribution is -2.08. The predicted molar refractivity (Wildman–Crippen MR) is 94.4 cm³/mol. The minimum absolute atomic E-state index is 0.0736. The van der Waals surface area contributed by atoms with Crippen LogP contribution in [0.3, 0.4) is 0 Å². The lowest BCUT2D eigenvalue weighted by atomic mass is 10.2. The normalized spacial score (nSPS) is 10.4. The Morgan fingerprint density at radius 1 is 1.05 bits per heavy atom. The Balaban J connectivity index is 2.03. The molecule has 0 heterocycles. The summed E-state index contributed by atoms with van der Waals surface area (Å²) in [4.78, 5) is 10.9. The summed E-state index contributed by atoms with van der Waals surface area (Å²) in [6, 6.07) is 7.33. The van der Waals surface area contributed by atoms with Crippen LogP contribution in [-0.2, 0) is 9.53 Å². The summed E-state index contributed by atoms with van der Waals surface area (Å²) in [6.45, 7) is 3.46. The molecule has 0 atom stereocenters. The summed E-state index contributed by atoms with van der Waals surface area (Å²) in [6.07, 6.45) is 4.97. The average molecular weight is 405 g/mol. The van der Waals surface area contributed by atoms with Gasteiger partial charge in [-0.2, -0.15) is 0 Å². The van der Waals surface area contributed by atoms with Crippen LogP contribution in [0.25, 0.3) is 0 Å². The van der Waals surface area contributed by atoms with Gasteiger partial charge in [0.15, 0.2) is 0 Å². The topological polar surface area (TPSA) is 47.6 Å². The van der Waals surface area contributed by atoms with Gasteiger partial charge in [0, 0.05) is 19.2 Å². The molecule has 118 valence electrons. The van der Waals surface area contributed by atoms with Crippen LogP contribution >= 0.6 is 22.6 Å². The maximum absolute atomic E-state index is 10.9. The monoisotopic (exact) mass is 405 g/mol. The smallest absolute Gasteiger partial charge is 0.221 e. The van der Waals surface area contributed by atoms with Gasteiger partial charge in [0.1, 0.15) is 12.4 Å². The summed E-state index contributed by atoms with van der Waals surface area (Å²) >= 11 is 2.41. The number of benzene rings is 1. The minimum atomic E-state index is -0.0736. The molecule has 0 radical (unpaired) electrons.